The Bertz CT molecular complexity index is 442. The predicted molar refractivity (Wildman–Crippen MR) is 71.4 cm³/mol. The van der Waals surface area contributed by atoms with E-state index in [4.69, 9.17) is 11.6 Å². The van der Waals surface area contributed by atoms with Gasteiger partial charge in [-0.3, -0.25) is 4.79 Å². The van der Waals surface area contributed by atoms with Crippen molar-refractivity contribution in [2.75, 3.05) is 5.32 Å². The molecule has 1 aliphatic rings. The quantitative estimate of drug-likeness (QED) is 0.863. The third kappa shape index (κ3) is 2.06. The van der Waals surface area contributed by atoms with Crippen molar-refractivity contribution in [3.63, 3.8) is 0 Å². The number of hydrogen-bond acceptors (Lipinski definition) is 1. The van der Waals surface area contributed by atoms with E-state index >= 15 is 0 Å². The molecular formula is C14H18ClNO. The zero-order valence-electron chi connectivity index (χ0n) is 10.5. The van der Waals surface area contributed by atoms with Crippen LogP contribution < -0.4 is 5.32 Å². The van der Waals surface area contributed by atoms with E-state index in [-0.39, 0.29) is 11.8 Å². The molecular weight excluding hydrogens is 234 g/mol. The Hall–Kier alpha value is -1.02. The monoisotopic (exact) mass is 251 g/mol. The second-order valence-corrected chi connectivity index (χ2v) is 5.39. The minimum Gasteiger partial charge on any atom is -0.324 e. The first-order valence-corrected chi connectivity index (χ1v) is 6.53. The summed E-state index contributed by atoms with van der Waals surface area (Å²) < 4.78 is 0. The Morgan fingerprint density at radius 3 is 2.71 bits per heavy atom. The minimum atomic E-state index is -0.0475. The number of carbonyl (C=O) groups is 1. The van der Waals surface area contributed by atoms with Gasteiger partial charge in [0.05, 0.1) is 16.6 Å². The number of nitrogens with one attached hydrogen (secondary N) is 1. The fraction of sp³-hybridized carbons (Fsp3) is 0.500. The molecule has 0 bridgehead atoms. The molecule has 0 saturated heterocycles. The van der Waals surface area contributed by atoms with Gasteiger partial charge in [0.15, 0.2) is 0 Å². The van der Waals surface area contributed by atoms with E-state index in [1.165, 1.54) is 0 Å². The zero-order valence-corrected chi connectivity index (χ0v) is 11.2. The van der Waals surface area contributed by atoms with Crippen molar-refractivity contribution in [1.29, 1.82) is 0 Å². The average molecular weight is 252 g/mol. The van der Waals surface area contributed by atoms with E-state index in [0.29, 0.717) is 16.9 Å². The normalized spacial score (nSPS) is 20.3. The molecule has 2 atom stereocenters. The molecule has 1 amide bonds. The first-order valence-electron chi connectivity index (χ1n) is 6.15. The van der Waals surface area contributed by atoms with Crippen LogP contribution in [-0.4, -0.2) is 5.91 Å². The lowest BCUT2D eigenvalue weighted by molar-refractivity contribution is -0.118. The number of amides is 1. The Kier molecular flexibility index (Phi) is 3.43. The topological polar surface area (TPSA) is 29.1 Å². The smallest absolute Gasteiger partial charge is 0.232 e. The van der Waals surface area contributed by atoms with Crippen LogP contribution in [0.5, 0.6) is 0 Å². The first kappa shape index (κ1) is 12.4. The summed E-state index contributed by atoms with van der Waals surface area (Å²) >= 11 is 6.11. The lowest BCUT2D eigenvalue weighted by Crippen LogP contribution is -2.24. The zero-order chi connectivity index (χ0) is 12.6. The Morgan fingerprint density at radius 2 is 2.12 bits per heavy atom. The summed E-state index contributed by atoms with van der Waals surface area (Å²) in [7, 11) is 0. The van der Waals surface area contributed by atoms with Crippen molar-refractivity contribution in [1.82, 2.24) is 0 Å². The van der Waals surface area contributed by atoms with Crippen LogP contribution in [0.3, 0.4) is 0 Å². The van der Waals surface area contributed by atoms with Crippen LogP contribution in [0.4, 0.5) is 5.69 Å². The number of hydrogen-bond donors (Lipinski definition) is 1. The van der Waals surface area contributed by atoms with Gasteiger partial charge in [0.25, 0.3) is 0 Å². The maximum absolute atomic E-state index is 12.1. The van der Waals surface area contributed by atoms with Gasteiger partial charge in [0.1, 0.15) is 0 Å². The Morgan fingerprint density at radius 1 is 1.41 bits per heavy atom. The summed E-state index contributed by atoms with van der Waals surface area (Å²) in [5.74, 6) is 0.901. The largest absolute Gasteiger partial charge is 0.324 e. The summed E-state index contributed by atoms with van der Waals surface area (Å²) in [4.78, 5) is 12.1. The highest BCUT2D eigenvalue weighted by atomic mass is 35.5. The van der Waals surface area contributed by atoms with Crippen LogP contribution >= 0.6 is 11.6 Å². The molecule has 1 aromatic carbocycles. The third-order valence-corrected chi connectivity index (χ3v) is 3.98. The molecule has 1 heterocycles. The first-order chi connectivity index (χ1) is 8.06. The summed E-state index contributed by atoms with van der Waals surface area (Å²) in [5.41, 5.74) is 1.87. The van der Waals surface area contributed by atoms with Crippen molar-refractivity contribution in [3.05, 3.63) is 28.8 Å². The summed E-state index contributed by atoms with van der Waals surface area (Å²) in [6, 6.07) is 5.75. The number of anilines is 1. The van der Waals surface area contributed by atoms with E-state index in [1.54, 1.807) is 0 Å². The van der Waals surface area contributed by atoms with E-state index in [9.17, 15) is 4.79 Å². The van der Waals surface area contributed by atoms with Gasteiger partial charge in [-0.15, -0.1) is 0 Å². The minimum absolute atomic E-state index is 0.0475. The fourth-order valence-corrected chi connectivity index (χ4v) is 3.02. The van der Waals surface area contributed by atoms with Crippen molar-refractivity contribution in [2.45, 2.75) is 33.1 Å². The number of carbonyl (C=O) groups excluding carboxylic acids is 1. The molecule has 0 aromatic heterocycles. The molecule has 0 aliphatic carbocycles. The molecule has 0 radical (unpaired) electrons. The maximum atomic E-state index is 12.1. The van der Waals surface area contributed by atoms with Gasteiger partial charge in [-0.05, 0) is 23.5 Å². The highest BCUT2D eigenvalue weighted by molar-refractivity contribution is 6.34. The van der Waals surface area contributed by atoms with E-state index in [0.717, 1.165) is 17.7 Å². The van der Waals surface area contributed by atoms with Crippen LogP contribution in [0.1, 0.15) is 38.7 Å². The molecule has 0 spiro atoms. The lowest BCUT2D eigenvalue weighted by Gasteiger charge is -2.24. The lowest BCUT2D eigenvalue weighted by atomic mass is 9.78. The van der Waals surface area contributed by atoms with Crippen LogP contribution in [0, 0.1) is 11.8 Å². The molecule has 2 nitrogen and oxygen atoms in total. The average Bonchev–Trinajstić information content (AvgIpc) is 2.59. The van der Waals surface area contributed by atoms with Gasteiger partial charge in [-0.2, -0.15) is 0 Å². The fourth-order valence-electron chi connectivity index (χ4n) is 2.79. The molecule has 2 rings (SSSR count). The maximum Gasteiger partial charge on any atom is 0.232 e. The van der Waals surface area contributed by atoms with E-state index in [1.807, 2.05) is 18.2 Å². The van der Waals surface area contributed by atoms with Gasteiger partial charge in [0.2, 0.25) is 5.91 Å². The van der Waals surface area contributed by atoms with Crippen molar-refractivity contribution < 1.29 is 4.79 Å². The number of fused-ring (bicyclic) bond motifs is 1. The molecule has 0 fully saturated rings. The van der Waals surface area contributed by atoms with Crippen molar-refractivity contribution in [2.24, 2.45) is 11.8 Å². The second kappa shape index (κ2) is 4.69. The molecule has 1 aromatic rings. The van der Waals surface area contributed by atoms with Gasteiger partial charge in [0, 0.05) is 0 Å². The number of rotatable bonds is 3. The van der Waals surface area contributed by atoms with Crippen LogP contribution in [-0.2, 0) is 4.79 Å². The molecule has 1 N–H and O–H groups in total. The molecule has 0 saturated carbocycles. The number of para-hydroxylation sites is 1. The number of benzene rings is 1. The van der Waals surface area contributed by atoms with Gasteiger partial charge in [-0.1, -0.05) is 50.9 Å². The molecule has 1 aliphatic heterocycles. The van der Waals surface area contributed by atoms with Crippen molar-refractivity contribution >= 4 is 23.2 Å². The Labute approximate surface area is 107 Å². The highest BCUT2D eigenvalue weighted by Gasteiger charge is 2.37. The predicted octanol–water partition coefficient (Wildman–Crippen LogP) is 4.06. The summed E-state index contributed by atoms with van der Waals surface area (Å²) in [6.45, 7) is 6.48. The van der Waals surface area contributed by atoms with Gasteiger partial charge >= 0.3 is 0 Å². The van der Waals surface area contributed by atoms with Crippen LogP contribution in [0.25, 0.3) is 0 Å². The van der Waals surface area contributed by atoms with Crippen LogP contribution in [0.15, 0.2) is 18.2 Å². The summed E-state index contributed by atoms with van der Waals surface area (Å²) in [6.07, 6.45) is 1.00. The Balaban J connectivity index is 2.44. The summed E-state index contributed by atoms with van der Waals surface area (Å²) in [5, 5.41) is 3.55. The molecule has 17 heavy (non-hydrogen) atoms. The second-order valence-electron chi connectivity index (χ2n) is 4.99. The third-order valence-electron chi connectivity index (χ3n) is 3.67. The van der Waals surface area contributed by atoms with E-state index in [2.05, 4.69) is 26.1 Å². The molecule has 2 unspecified atom stereocenters. The number of halogens is 1. The van der Waals surface area contributed by atoms with Gasteiger partial charge < -0.3 is 5.32 Å². The van der Waals surface area contributed by atoms with Gasteiger partial charge in [-0.25, -0.2) is 0 Å². The molecule has 3 heteroatoms. The SMILES string of the molecule is CCC(C(C)C)C1C(=O)Nc2c(Cl)cccc21. The molecule has 92 valence electrons. The standard InChI is InChI=1S/C14H18ClNO/c1-4-9(8(2)3)12-10-6-5-7-11(15)13(10)16-14(12)17/h5-9,12H,4H2,1-3H3,(H,16,17). The van der Waals surface area contributed by atoms with Crippen molar-refractivity contribution in [3.8, 4) is 0 Å². The van der Waals surface area contributed by atoms with E-state index < -0.39 is 0 Å². The highest BCUT2D eigenvalue weighted by Crippen LogP contribution is 2.44. The van der Waals surface area contributed by atoms with Crippen LogP contribution in [0.2, 0.25) is 5.02 Å².